The third kappa shape index (κ3) is 68.6. The van der Waals surface area contributed by atoms with Crippen molar-refractivity contribution in [1.82, 2.24) is 0 Å². The molecule has 0 radical (unpaired) electrons. The van der Waals surface area contributed by atoms with Crippen molar-refractivity contribution in [3.8, 4) is 0 Å². The van der Waals surface area contributed by atoms with Gasteiger partial charge in [0.05, 0.1) is 26.4 Å². The van der Waals surface area contributed by atoms with Gasteiger partial charge in [-0.05, 0) is 37.5 Å². The zero-order valence-corrected chi connectivity index (χ0v) is 63.1. The summed E-state index contributed by atoms with van der Waals surface area (Å²) >= 11 is 0. The largest absolute Gasteiger partial charge is 0.472 e. The molecule has 0 aromatic heterocycles. The highest BCUT2D eigenvalue weighted by molar-refractivity contribution is 7.47. The van der Waals surface area contributed by atoms with Crippen LogP contribution in [0.5, 0.6) is 0 Å². The molecule has 0 spiro atoms. The van der Waals surface area contributed by atoms with Crippen molar-refractivity contribution in [3.05, 3.63) is 0 Å². The normalized spacial score (nSPS) is 14.0. The Morgan fingerprint density at radius 3 is 0.723 bits per heavy atom. The lowest BCUT2D eigenvalue weighted by molar-refractivity contribution is -0.161. The van der Waals surface area contributed by atoms with Crippen molar-refractivity contribution in [2.24, 2.45) is 11.8 Å². The van der Waals surface area contributed by atoms with Gasteiger partial charge in [0.2, 0.25) is 0 Å². The summed E-state index contributed by atoms with van der Waals surface area (Å²) in [7, 11) is -9.90. The van der Waals surface area contributed by atoms with E-state index < -0.39 is 97.5 Å². The molecule has 17 nitrogen and oxygen atoms in total. The molecule has 0 aromatic carbocycles. The molecule has 0 aromatic rings. The van der Waals surface area contributed by atoms with Crippen molar-refractivity contribution in [1.29, 1.82) is 0 Å². The standard InChI is InChI=1S/C75H146O17P2/c1-7-9-11-13-15-17-18-19-20-21-22-23-24-25-26-27-32-36-40-47-53-59-74(79)91-70(63-86-73(78)58-52-46-39-35-31-29-28-30-34-37-43-49-55-67(3)4)65-89-93(81,82)87-61-69(76)62-88-94(83,84)90-66-71(92-75(80)60-54-48-42-41-44-50-56-68(5)6)64-85-72(77)57-51-45-38-33-16-14-12-10-8-2/h67-71,76H,7-66H2,1-6H3,(H,81,82)(H,83,84)/t69-,70-,71-/m1/s1. The summed E-state index contributed by atoms with van der Waals surface area (Å²) in [5, 5.41) is 10.6. The first-order chi connectivity index (χ1) is 45.4. The fraction of sp³-hybridized carbons (Fsp3) is 0.947. The highest BCUT2D eigenvalue weighted by atomic mass is 31.2. The van der Waals surface area contributed by atoms with Crippen molar-refractivity contribution < 1.29 is 80.2 Å². The van der Waals surface area contributed by atoms with Gasteiger partial charge < -0.3 is 33.8 Å². The third-order valence-electron chi connectivity index (χ3n) is 17.5. The number of unbranched alkanes of at least 4 members (excludes halogenated alkanes) is 44. The number of esters is 4. The zero-order valence-electron chi connectivity index (χ0n) is 61.3. The van der Waals surface area contributed by atoms with E-state index in [-0.39, 0.29) is 25.7 Å². The van der Waals surface area contributed by atoms with Crippen LogP contribution in [0.2, 0.25) is 0 Å². The Bertz CT molecular complexity index is 1820. The number of carbonyl (C=O) groups is 4. The van der Waals surface area contributed by atoms with Crippen molar-refractivity contribution >= 4 is 39.5 Å². The van der Waals surface area contributed by atoms with E-state index in [1.165, 1.54) is 205 Å². The Hall–Kier alpha value is -1.94. The van der Waals surface area contributed by atoms with E-state index in [1.807, 2.05) is 0 Å². The summed E-state index contributed by atoms with van der Waals surface area (Å²) < 4.78 is 68.4. The summed E-state index contributed by atoms with van der Waals surface area (Å²) in [6, 6.07) is 0. The summed E-state index contributed by atoms with van der Waals surface area (Å²) in [4.78, 5) is 72.6. The van der Waals surface area contributed by atoms with E-state index in [9.17, 15) is 43.2 Å². The number of ether oxygens (including phenoxy) is 4. The lowest BCUT2D eigenvalue weighted by Crippen LogP contribution is -2.30. The van der Waals surface area contributed by atoms with Crippen LogP contribution in [0.15, 0.2) is 0 Å². The van der Waals surface area contributed by atoms with Crippen molar-refractivity contribution in [3.63, 3.8) is 0 Å². The number of phosphoric acid groups is 2. The van der Waals surface area contributed by atoms with Crippen LogP contribution in [0, 0.1) is 11.8 Å². The van der Waals surface area contributed by atoms with Gasteiger partial charge in [0, 0.05) is 25.7 Å². The minimum absolute atomic E-state index is 0.102. The predicted molar refractivity (Wildman–Crippen MR) is 381 cm³/mol. The van der Waals surface area contributed by atoms with Crippen LogP contribution < -0.4 is 0 Å². The summed E-state index contributed by atoms with van der Waals surface area (Å²) in [5.74, 6) is -0.673. The summed E-state index contributed by atoms with van der Waals surface area (Å²) in [5.41, 5.74) is 0. The van der Waals surface area contributed by atoms with E-state index in [1.54, 1.807) is 0 Å². The molecule has 19 heteroatoms. The van der Waals surface area contributed by atoms with Gasteiger partial charge in [-0.15, -0.1) is 0 Å². The molecule has 0 aliphatic heterocycles. The smallest absolute Gasteiger partial charge is 0.462 e. The lowest BCUT2D eigenvalue weighted by atomic mass is 10.0. The number of hydrogen-bond acceptors (Lipinski definition) is 15. The zero-order chi connectivity index (χ0) is 69.3. The Morgan fingerprint density at radius 1 is 0.287 bits per heavy atom. The topological polar surface area (TPSA) is 237 Å². The van der Waals surface area contributed by atoms with Crippen LogP contribution in [0.3, 0.4) is 0 Å². The molecule has 0 aliphatic carbocycles. The Balaban J connectivity index is 5.17. The molecule has 0 aliphatic rings. The van der Waals surface area contributed by atoms with E-state index in [2.05, 4.69) is 41.5 Å². The Morgan fingerprint density at radius 2 is 0.489 bits per heavy atom. The Labute approximate surface area is 575 Å². The molecule has 558 valence electrons. The number of aliphatic hydroxyl groups is 1. The van der Waals surface area contributed by atoms with Gasteiger partial charge in [0.15, 0.2) is 12.2 Å². The fourth-order valence-corrected chi connectivity index (χ4v) is 13.1. The average molecular weight is 1380 g/mol. The van der Waals surface area contributed by atoms with Gasteiger partial charge in [0.1, 0.15) is 19.3 Å². The molecular weight excluding hydrogens is 1230 g/mol. The van der Waals surface area contributed by atoms with Crippen LogP contribution in [-0.4, -0.2) is 96.7 Å². The fourth-order valence-electron chi connectivity index (χ4n) is 11.5. The number of phosphoric ester groups is 2. The number of carbonyl (C=O) groups excluding carboxylic acids is 4. The maximum absolute atomic E-state index is 13.1. The second-order valence-corrected chi connectivity index (χ2v) is 30.9. The molecule has 0 heterocycles. The summed E-state index contributed by atoms with van der Waals surface area (Å²) in [6.45, 7) is 9.48. The van der Waals surface area contributed by atoms with Gasteiger partial charge in [-0.25, -0.2) is 9.13 Å². The van der Waals surface area contributed by atoms with Crippen LogP contribution in [0.25, 0.3) is 0 Å². The van der Waals surface area contributed by atoms with E-state index in [0.717, 1.165) is 95.8 Å². The van der Waals surface area contributed by atoms with Crippen LogP contribution in [0.4, 0.5) is 0 Å². The lowest BCUT2D eigenvalue weighted by Gasteiger charge is -2.21. The molecule has 3 N–H and O–H groups in total. The number of rotatable bonds is 74. The first kappa shape index (κ1) is 92.1. The molecule has 0 saturated carbocycles. The number of hydrogen-bond donors (Lipinski definition) is 3. The van der Waals surface area contributed by atoms with E-state index >= 15 is 0 Å². The molecule has 0 amide bonds. The molecular formula is C75H146O17P2. The third-order valence-corrected chi connectivity index (χ3v) is 19.4. The first-order valence-electron chi connectivity index (χ1n) is 39.0. The van der Waals surface area contributed by atoms with Crippen molar-refractivity contribution in [2.75, 3.05) is 39.6 Å². The van der Waals surface area contributed by atoms with Gasteiger partial charge >= 0.3 is 39.5 Å². The van der Waals surface area contributed by atoms with Crippen LogP contribution in [0.1, 0.15) is 388 Å². The SMILES string of the molecule is CCCCCCCCCCCCCCCCCCCCCCCC(=O)O[C@H](COC(=O)CCCCCCCCCCCCCCC(C)C)COP(=O)(O)OC[C@@H](O)COP(=O)(O)OC[C@@H](COC(=O)CCCCCCCCCCC)OC(=O)CCCCCCCCC(C)C. The molecule has 94 heavy (non-hydrogen) atoms. The average Bonchev–Trinajstić information content (AvgIpc) is 1.50. The molecule has 0 bridgehead atoms. The minimum atomic E-state index is -4.96. The second kappa shape index (κ2) is 66.9. The minimum Gasteiger partial charge on any atom is -0.462 e. The molecule has 0 saturated heterocycles. The summed E-state index contributed by atoms with van der Waals surface area (Å²) in [6.07, 6.45) is 54.5. The Kier molecular flexibility index (Phi) is 65.5. The van der Waals surface area contributed by atoms with Gasteiger partial charge in [-0.1, -0.05) is 337 Å². The van der Waals surface area contributed by atoms with Gasteiger partial charge in [-0.2, -0.15) is 0 Å². The first-order valence-corrected chi connectivity index (χ1v) is 42.0. The van der Waals surface area contributed by atoms with Gasteiger partial charge in [0.25, 0.3) is 0 Å². The quantitative estimate of drug-likeness (QED) is 0.0222. The molecule has 5 atom stereocenters. The highest BCUT2D eigenvalue weighted by Gasteiger charge is 2.30. The van der Waals surface area contributed by atoms with Crippen LogP contribution in [-0.2, 0) is 65.4 Å². The predicted octanol–water partition coefficient (Wildman–Crippen LogP) is 21.9. The maximum Gasteiger partial charge on any atom is 0.472 e. The monoisotopic (exact) mass is 1380 g/mol. The molecule has 0 fully saturated rings. The van der Waals surface area contributed by atoms with Gasteiger partial charge in [-0.3, -0.25) is 37.3 Å². The maximum atomic E-state index is 13.1. The van der Waals surface area contributed by atoms with Crippen molar-refractivity contribution in [2.45, 2.75) is 407 Å². The van der Waals surface area contributed by atoms with E-state index in [0.29, 0.717) is 31.6 Å². The van der Waals surface area contributed by atoms with Crippen LogP contribution >= 0.6 is 15.6 Å². The highest BCUT2D eigenvalue weighted by Crippen LogP contribution is 2.45. The molecule has 2 unspecified atom stereocenters. The number of aliphatic hydroxyl groups excluding tert-OH is 1. The second-order valence-electron chi connectivity index (χ2n) is 28.0. The van der Waals surface area contributed by atoms with E-state index in [4.69, 9.17) is 37.0 Å². The molecule has 0 rings (SSSR count).